The molecular formula is C13H12N4O2S. The van der Waals surface area contributed by atoms with Crippen LogP contribution in [-0.2, 0) is 10.0 Å². The van der Waals surface area contributed by atoms with Gasteiger partial charge in [-0.2, -0.15) is 10.5 Å². The van der Waals surface area contributed by atoms with Crippen LogP contribution in [-0.4, -0.2) is 14.5 Å². The first kappa shape index (κ1) is 14.1. The third kappa shape index (κ3) is 3.58. The van der Waals surface area contributed by atoms with E-state index in [0.29, 0.717) is 5.69 Å². The van der Waals surface area contributed by atoms with Crippen LogP contribution in [0.3, 0.4) is 0 Å². The van der Waals surface area contributed by atoms with Gasteiger partial charge in [-0.05, 0) is 37.1 Å². The van der Waals surface area contributed by atoms with Gasteiger partial charge >= 0.3 is 0 Å². The third-order valence-electron chi connectivity index (χ3n) is 2.69. The Morgan fingerprint density at radius 1 is 1.20 bits per heavy atom. The van der Waals surface area contributed by atoms with Gasteiger partial charge in [0.2, 0.25) is 10.0 Å². The van der Waals surface area contributed by atoms with E-state index in [9.17, 15) is 8.42 Å². The van der Waals surface area contributed by atoms with E-state index >= 15 is 0 Å². The fraction of sp³-hybridized carbons (Fsp3) is 0.231. The third-order valence-corrected chi connectivity index (χ3v) is 4.22. The van der Waals surface area contributed by atoms with Crippen LogP contribution >= 0.6 is 0 Å². The Morgan fingerprint density at radius 3 is 2.30 bits per heavy atom. The van der Waals surface area contributed by atoms with Gasteiger partial charge in [0, 0.05) is 17.9 Å². The maximum atomic E-state index is 11.9. The first-order valence-corrected chi connectivity index (χ1v) is 7.43. The number of hydrogen-bond donors (Lipinski definition) is 2. The molecule has 0 amide bonds. The van der Waals surface area contributed by atoms with Crippen molar-refractivity contribution in [3.63, 3.8) is 0 Å². The molecule has 1 aromatic rings. The molecule has 0 bridgehead atoms. The quantitative estimate of drug-likeness (QED) is 0.798. The van der Waals surface area contributed by atoms with Crippen LogP contribution in [0, 0.1) is 22.7 Å². The first-order valence-electron chi connectivity index (χ1n) is 5.94. The molecule has 0 radical (unpaired) electrons. The lowest BCUT2D eigenvalue weighted by atomic mass is 10.3. The summed E-state index contributed by atoms with van der Waals surface area (Å²) in [6.45, 7) is 0. The van der Waals surface area contributed by atoms with Crippen LogP contribution in [0.5, 0.6) is 0 Å². The molecule has 102 valence electrons. The van der Waals surface area contributed by atoms with Gasteiger partial charge < -0.3 is 5.32 Å². The summed E-state index contributed by atoms with van der Waals surface area (Å²) in [5, 5.41) is 19.9. The summed E-state index contributed by atoms with van der Waals surface area (Å²) in [6.07, 6.45) is 3.04. The number of nitriles is 2. The maximum absolute atomic E-state index is 11.9. The van der Waals surface area contributed by atoms with E-state index in [1.165, 1.54) is 18.3 Å². The van der Waals surface area contributed by atoms with E-state index < -0.39 is 10.0 Å². The molecule has 20 heavy (non-hydrogen) atoms. The summed E-state index contributed by atoms with van der Waals surface area (Å²) in [5.74, 6) is 0. The van der Waals surface area contributed by atoms with Crippen LogP contribution in [0.15, 0.2) is 40.9 Å². The highest BCUT2D eigenvalue weighted by Gasteiger charge is 2.27. The van der Waals surface area contributed by atoms with Crippen molar-refractivity contribution in [1.82, 2.24) is 4.72 Å². The number of benzene rings is 1. The van der Waals surface area contributed by atoms with E-state index in [4.69, 9.17) is 10.5 Å². The zero-order chi connectivity index (χ0) is 14.6. The van der Waals surface area contributed by atoms with Gasteiger partial charge in [0.1, 0.15) is 17.7 Å². The minimum Gasteiger partial charge on any atom is -0.360 e. The maximum Gasteiger partial charge on any atom is 0.240 e. The van der Waals surface area contributed by atoms with Gasteiger partial charge in [0.05, 0.1) is 4.90 Å². The first-order chi connectivity index (χ1) is 9.55. The molecule has 2 rings (SSSR count). The van der Waals surface area contributed by atoms with Crippen LogP contribution in [0.2, 0.25) is 0 Å². The summed E-state index contributed by atoms with van der Waals surface area (Å²) >= 11 is 0. The number of nitrogens with zero attached hydrogens (tertiary/aromatic N) is 2. The largest absolute Gasteiger partial charge is 0.360 e. The summed E-state index contributed by atoms with van der Waals surface area (Å²) in [4.78, 5) is 0.194. The van der Waals surface area contributed by atoms with Crippen molar-refractivity contribution in [2.24, 2.45) is 0 Å². The van der Waals surface area contributed by atoms with Gasteiger partial charge in [-0.15, -0.1) is 0 Å². The van der Waals surface area contributed by atoms with Gasteiger partial charge in [0.25, 0.3) is 0 Å². The standard InChI is InChI=1S/C13H12N4O2S/c14-7-10(8-15)9-16-11-3-5-13(6-4-11)20(18,19)17-12-1-2-12/h3-6,9,12,16-17H,1-2H2. The molecular weight excluding hydrogens is 276 g/mol. The highest BCUT2D eigenvalue weighted by Crippen LogP contribution is 2.22. The normalized spacial score (nSPS) is 13.9. The number of hydrogen-bond acceptors (Lipinski definition) is 5. The average molecular weight is 288 g/mol. The Balaban J connectivity index is 2.09. The van der Waals surface area contributed by atoms with Crippen LogP contribution < -0.4 is 10.0 Å². The molecule has 0 atom stereocenters. The van der Waals surface area contributed by atoms with Crippen molar-refractivity contribution >= 4 is 15.7 Å². The monoisotopic (exact) mass is 288 g/mol. The lowest BCUT2D eigenvalue weighted by Gasteiger charge is -2.06. The van der Waals surface area contributed by atoms with Crippen molar-refractivity contribution in [3.8, 4) is 12.1 Å². The van der Waals surface area contributed by atoms with E-state index in [-0.39, 0.29) is 16.5 Å². The predicted octanol–water partition coefficient (Wildman–Crippen LogP) is 1.47. The lowest BCUT2D eigenvalue weighted by Crippen LogP contribution is -2.25. The average Bonchev–Trinajstić information content (AvgIpc) is 3.24. The summed E-state index contributed by atoms with van der Waals surface area (Å²) in [6, 6.07) is 9.59. The number of anilines is 1. The number of sulfonamides is 1. The highest BCUT2D eigenvalue weighted by molar-refractivity contribution is 7.89. The number of nitrogens with one attached hydrogen (secondary N) is 2. The molecule has 0 aromatic heterocycles. The molecule has 1 aliphatic rings. The van der Waals surface area contributed by atoms with Crippen LogP contribution in [0.1, 0.15) is 12.8 Å². The van der Waals surface area contributed by atoms with E-state index in [1.54, 1.807) is 24.3 Å². The molecule has 2 N–H and O–H groups in total. The molecule has 1 saturated carbocycles. The van der Waals surface area contributed by atoms with Crippen molar-refractivity contribution < 1.29 is 8.42 Å². The Hall–Kier alpha value is -2.35. The lowest BCUT2D eigenvalue weighted by molar-refractivity contribution is 0.581. The molecule has 0 spiro atoms. The topological polar surface area (TPSA) is 106 Å². The second-order valence-electron chi connectivity index (χ2n) is 4.35. The summed E-state index contributed by atoms with van der Waals surface area (Å²) in [7, 11) is -3.45. The van der Waals surface area contributed by atoms with E-state index in [1.807, 2.05) is 0 Å². The van der Waals surface area contributed by atoms with Gasteiger partial charge in [-0.1, -0.05) is 0 Å². The fourth-order valence-electron chi connectivity index (χ4n) is 1.46. The van der Waals surface area contributed by atoms with Crippen molar-refractivity contribution in [3.05, 3.63) is 36.0 Å². The van der Waals surface area contributed by atoms with Crippen molar-refractivity contribution in [2.45, 2.75) is 23.8 Å². The molecule has 7 heteroatoms. The zero-order valence-electron chi connectivity index (χ0n) is 10.5. The Labute approximate surface area is 117 Å². The Morgan fingerprint density at radius 2 is 1.80 bits per heavy atom. The minimum absolute atomic E-state index is 0.0582. The van der Waals surface area contributed by atoms with Gasteiger partial charge in [-0.25, -0.2) is 13.1 Å². The molecule has 0 saturated heterocycles. The van der Waals surface area contributed by atoms with Crippen LogP contribution in [0.4, 0.5) is 5.69 Å². The van der Waals surface area contributed by atoms with Crippen molar-refractivity contribution in [1.29, 1.82) is 10.5 Å². The predicted molar refractivity (Wildman–Crippen MR) is 72.7 cm³/mol. The second kappa shape index (κ2) is 5.74. The molecule has 1 aliphatic carbocycles. The van der Waals surface area contributed by atoms with Gasteiger partial charge in [-0.3, -0.25) is 0 Å². The Kier molecular flexibility index (Phi) is 4.04. The van der Waals surface area contributed by atoms with E-state index in [2.05, 4.69) is 10.0 Å². The number of allylic oxidation sites excluding steroid dienone is 1. The zero-order valence-corrected chi connectivity index (χ0v) is 11.3. The second-order valence-corrected chi connectivity index (χ2v) is 6.06. The SMILES string of the molecule is N#CC(C#N)=CNc1ccc(S(=O)(=O)NC2CC2)cc1. The summed E-state index contributed by atoms with van der Waals surface area (Å²) in [5.41, 5.74) is 0.537. The summed E-state index contributed by atoms with van der Waals surface area (Å²) < 4.78 is 26.4. The fourth-order valence-corrected chi connectivity index (χ4v) is 2.77. The van der Waals surface area contributed by atoms with Crippen LogP contribution in [0.25, 0.3) is 0 Å². The van der Waals surface area contributed by atoms with E-state index in [0.717, 1.165) is 12.8 Å². The smallest absolute Gasteiger partial charge is 0.240 e. The minimum atomic E-state index is -3.45. The Bertz CT molecular complexity index is 688. The molecule has 0 unspecified atom stereocenters. The highest BCUT2D eigenvalue weighted by atomic mass is 32.2. The molecule has 1 aromatic carbocycles. The van der Waals surface area contributed by atoms with Gasteiger partial charge in [0.15, 0.2) is 0 Å². The molecule has 6 nitrogen and oxygen atoms in total. The molecule has 1 fully saturated rings. The number of rotatable bonds is 5. The molecule has 0 aliphatic heterocycles. The van der Waals surface area contributed by atoms with Crippen molar-refractivity contribution in [2.75, 3.05) is 5.32 Å². The molecule has 0 heterocycles.